The molecule has 1 aromatic rings. The van der Waals surface area contributed by atoms with Crippen molar-refractivity contribution >= 4 is 0 Å². The fourth-order valence-corrected chi connectivity index (χ4v) is 1.92. The molecule has 0 aliphatic heterocycles. The van der Waals surface area contributed by atoms with E-state index in [0.29, 0.717) is 19.1 Å². The molecule has 16 heavy (non-hydrogen) atoms. The van der Waals surface area contributed by atoms with Gasteiger partial charge in [0.25, 0.3) is 0 Å². The van der Waals surface area contributed by atoms with Crippen molar-refractivity contribution in [2.45, 2.75) is 18.9 Å². The Morgan fingerprint density at radius 1 is 1.44 bits per heavy atom. The summed E-state index contributed by atoms with van der Waals surface area (Å²) in [6.45, 7) is 1.20. The fourth-order valence-electron chi connectivity index (χ4n) is 1.92. The van der Waals surface area contributed by atoms with Crippen LogP contribution in [0.1, 0.15) is 24.5 Å². The number of hydrogen-bond donors (Lipinski definition) is 1. The number of rotatable bonds is 6. The van der Waals surface area contributed by atoms with Crippen molar-refractivity contribution in [1.82, 2.24) is 0 Å². The summed E-state index contributed by atoms with van der Waals surface area (Å²) in [6.07, 6.45) is 2.71. The van der Waals surface area contributed by atoms with Crippen molar-refractivity contribution in [1.29, 1.82) is 0 Å². The van der Waals surface area contributed by atoms with Crippen LogP contribution in [0.5, 0.6) is 5.75 Å². The molecule has 2 N–H and O–H groups in total. The Bertz CT molecular complexity index is 336. The van der Waals surface area contributed by atoms with E-state index in [1.165, 1.54) is 18.4 Å². The second-order valence-electron chi connectivity index (χ2n) is 4.19. The number of hydrogen-bond acceptors (Lipinski definition) is 3. The molecule has 0 bridgehead atoms. The average Bonchev–Trinajstić information content (AvgIpc) is 3.14. The van der Waals surface area contributed by atoms with Gasteiger partial charge in [0, 0.05) is 6.54 Å². The quantitative estimate of drug-likeness (QED) is 0.800. The van der Waals surface area contributed by atoms with E-state index in [9.17, 15) is 0 Å². The molecule has 1 aliphatic carbocycles. The Balaban J connectivity index is 2.10. The molecule has 1 atom stereocenters. The molecule has 0 radical (unpaired) electrons. The second kappa shape index (κ2) is 5.32. The van der Waals surface area contributed by atoms with Gasteiger partial charge in [-0.05, 0) is 36.5 Å². The lowest BCUT2D eigenvalue weighted by molar-refractivity contribution is 0.0423. The standard InChI is InChI=1S/C13H19NO2/c1-15-12-4-2-3-11(9-12)13(10-5-6-10)16-8-7-14/h2-4,9-10,13H,5-8,14H2,1H3. The normalized spacial score (nSPS) is 17.1. The third kappa shape index (κ3) is 2.74. The SMILES string of the molecule is COc1cccc(C(OCCN)C2CC2)c1. The van der Waals surface area contributed by atoms with Gasteiger partial charge in [0.1, 0.15) is 5.75 Å². The van der Waals surface area contributed by atoms with Crippen LogP contribution in [0.2, 0.25) is 0 Å². The van der Waals surface area contributed by atoms with Gasteiger partial charge in [-0.15, -0.1) is 0 Å². The molecule has 1 aromatic carbocycles. The van der Waals surface area contributed by atoms with Gasteiger partial charge in [-0.3, -0.25) is 0 Å². The van der Waals surface area contributed by atoms with Gasteiger partial charge in [0.2, 0.25) is 0 Å². The molecular weight excluding hydrogens is 202 g/mol. The Kier molecular flexibility index (Phi) is 3.80. The first kappa shape index (κ1) is 11.4. The van der Waals surface area contributed by atoms with Crippen molar-refractivity contribution in [3.05, 3.63) is 29.8 Å². The van der Waals surface area contributed by atoms with Crippen LogP contribution in [0.4, 0.5) is 0 Å². The predicted molar refractivity (Wildman–Crippen MR) is 63.5 cm³/mol. The minimum absolute atomic E-state index is 0.193. The zero-order chi connectivity index (χ0) is 11.4. The summed E-state index contributed by atoms with van der Waals surface area (Å²) in [4.78, 5) is 0. The molecule has 0 saturated heterocycles. The summed E-state index contributed by atoms with van der Waals surface area (Å²) in [5.41, 5.74) is 6.69. The molecule has 88 valence electrons. The minimum Gasteiger partial charge on any atom is -0.497 e. The highest BCUT2D eigenvalue weighted by atomic mass is 16.5. The van der Waals surface area contributed by atoms with Gasteiger partial charge in [-0.1, -0.05) is 12.1 Å². The fraction of sp³-hybridized carbons (Fsp3) is 0.538. The lowest BCUT2D eigenvalue weighted by atomic mass is 10.1. The highest BCUT2D eigenvalue weighted by Crippen LogP contribution is 2.43. The number of ether oxygens (including phenoxy) is 2. The Labute approximate surface area is 96.5 Å². The minimum atomic E-state index is 0.193. The van der Waals surface area contributed by atoms with Gasteiger partial charge in [0.05, 0.1) is 19.8 Å². The Morgan fingerprint density at radius 2 is 2.25 bits per heavy atom. The lowest BCUT2D eigenvalue weighted by Gasteiger charge is -2.18. The van der Waals surface area contributed by atoms with E-state index in [4.69, 9.17) is 15.2 Å². The Morgan fingerprint density at radius 3 is 2.88 bits per heavy atom. The van der Waals surface area contributed by atoms with E-state index >= 15 is 0 Å². The highest BCUT2D eigenvalue weighted by molar-refractivity contribution is 5.30. The van der Waals surface area contributed by atoms with Crippen LogP contribution in [0.25, 0.3) is 0 Å². The average molecular weight is 221 g/mol. The van der Waals surface area contributed by atoms with Crippen LogP contribution >= 0.6 is 0 Å². The van der Waals surface area contributed by atoms with Gasteiger partial charge in [0.15, 0.2) is 0 Å². The van der Waals surface area contributed by atoms with Gasteiger partial charge < -0.3 is 15.2 Å². The first-order valence-electron chi connectivity index (χ1n) is 5.80. The molecule has 3 nitrogen and oxygen atoms in total. The monoisotopic (exact) mass is 221 g/mol. The van der Waals surface area contributed by atoms with Crippen molar-refractivity contribution < 1.29 is 9.47 Å². The molecule has 0 spiro atoms. The van der Waals surface area contributed by atoms with Crippen molar-refractivity contribution in [2.75, 3.05) is 20.3 Å². The molecule has 1 fully saturated rings. The first-order valence-corrected chi connectivity index (χ1v) is 5.80. The number of nitrogens with two attached hydrogens (primary N) is 1. The van der Waals surface area contributed by atoms with E-state index < -0.39 is 0 Å². The smallest absolute Gasteiger partial charge is 0.119 e. The molecule has 2 rings (SSSR count). The Hall–Kier alpha value is -1.06. The first-order chi connectivity index (χ1) is 7.85. The summed E-state index contributed by atoms with van der Waals surface area (Å²) in [7, 11) is 1.69. The maximum Gasteiger partial charge on any atom is 0.119 e. The predicted octanol–water partition coefficient (Wildman–Crippen LogP) is 2.12. The van der Waals surface area contributed by atoms with Crippen LogP contribution < -0.4 is 10.5 Å². The molecule has 0 amide bonds. The van der Waals surface area contributed by atoms with E-state index in [2.05, 4.69) is 12.1 Å². The molecular formula is C13H19NO2. The largest absolute Gasteiger partial charge is 0.497 e. The molecule has 0 heterocycles. The summed E-state index contributed by atoms with van der Waals surface area (Å²) in [6, 6.07) is 8.12. The van der Waals surface area contributed by atoms with Crippen LogP contribution in [-0.4, -0.2) is 20.3 Å². The van der Waals surface area contributed by atoms with Gasteiger partial charge in [-0.2, -0.15) is 0 Å². The highest BCUT2D eigenvalue weighted by Gasteiger charge is 2.33. The van der Waals surface area contributed by atoms with Crippen molar-refractivity contribution in [3.63, 3.8) is 0 Å². The van der Waals surface area contributed by atoms with E-state index in [1.54, 1.807) is 7.11 Å². The van der Waals surface area contributed by atoms with Crippen LogP contribution in [0.3, 0.4) is 0 Å². The summed E-state index contributed by atoms with van der Waals surface area (Å²) in [5.74, 6) is 1.55. The topological polar surface area (TPSA) is 44.5 Å². The lowest BCUT2D eigenvalue weighted by Crippen LogP contribution is -2.14. The third-order valence-corrected chi connectivity index (χ3v) is 2.89. The summed E-state index contributed by atoms with van der Waals surface area (Å²) >= 11 is 0. The zero-order valence-electron chi connectivity index (χ0n) is 9.69. The zero-order valence-corrected chi connectivity index (χ0v) is 9.69. The van der Waals surface area contributed by atoms with E-state index in [0.717, 1.165) is 5.75 Å². The molecule has 0 aromatic heterocycles. The summed E-state index contributed by atoms with van der Waals surface area (Å²) < 4.78 is 11.0. The summed E-state index contributed by atoms with van der Waals surface area (Å²) in [5, 5.41) is 0. The maximum absolute atomic E-state index is 5.82. The molecule has 3 heteroatoms. The van der Waals surface area contributed by atoms with Crippen molar-refractivity contribution in [3.8, 4) is 5.75 Å². The van der Waals surface area contributed by atoms with Gasteiger partial charge >= 0.3 is 0 Å². The van der Waals surface area contributed by atoms with Crippen molar-refractivity contribution in [2.24, 2.45) is 11.7 Å². The van der Waals surface area contributed by atoms with E-state index in [1.807, 2.05) is 12.1 Å². The number of methoxy groups -OCH3 is 1. The van der Waals surface area contributed by atoms with E-state index in [-0.39, 0.29) is 6.10 Å². The molecule has 1 saturated carbocycles. The third-order valence-electron chi connectivity index (χ3n) is 2.89. The maximum atomic E-state index is 5.82. The second-order valence-corrected chi connectivity index (χ2v) is 4.19. The van der Waals surface area contributed by atoms with Gasteiger partial charge in [-0.25, -0.2) is 0 Å². The van der Waals surface area contributed by atoms with Crippen LogP contribution in [-0.2, 0) is 4.74 Å². The number of benzene rings is 1. The van der Waals surface area contributed by atoms with Crippen LogP contribution in [0.15, 0.2) is 24.3 Å². The molecule has 1 aliphatic rings. The van der Waals surface area contributed by atoms with Crippen LogP contribution in [0, 0.1) is 5.92 Å². The molecule has 1 unspecified atom stereocenters.